The maximum atomic E-state index is 15.2. The minimum absolute atomic E-state index is 0.0430. The van der Waals surface area contributed by atoms with Gasteiger partial charge in [0.25, 0.3) is 0 Å². The van der Waals surface area contributed by atoms with Gasteiger partial charge in [-0.3, -0.25) is 4.79 Å². The Morgan fingerprint density at radius 1 is 0.886 bits per heavy atom. The molecule has 2 bridgehead atoms. The van der Waals surface area contributed by atoms with Crippen molar-refractivity contribution in [2.24, 2.45) is 35.0 Å². The second-order valence-corrected chi connectivity index (χ2v) is 16.4. The number of allylic oxidation sites excluding steroid dienone is 2. The van der Waals surface area contributed by atoms with Crippen LogP contribution in [0.5, 0.6) is 5.75 Å². The van der Waals surface area contributed by atoms with E-state index in [1.807, 2.05) is 6.07 Å². The van der Waals surface area contributed by atoms with E-state index in [1.165, 1.54) is 85.6 Å². The van der Waals surface area contributed by atoms with Crippen molar-refractivity contribution in [1.82, 2.24) is 0 Å². The highest BCUT2D eigenvalue weighted by molar-refractivity contribution is 6.04. The third kappa shape index (κ3) is 4.36. The van der Waals surface area contributed by atoms with Gasteiger partial charge in [0.2, 0.25) is 0 Å². The molecule has 5 atom stereocenters. The van der Waals surface area contributed by atoms with Gasteiger partial charge in [0, 0.05) is 28.7 Å². The molecular formula is C40H48O4. The van der Waals surface area contributed by atoms with Crippen molar-refractivity contribution >= 4 is 22.9 Å². The quantitative estimate of drug-likeness (QED) is 0.375. The number of hydrogen-bond donors (Lipinski definition) is 1. The lowest BCUT2D eigenvalue weighted by atomic mass is 9.67. The van der Waals surface area contributed by atoms with Crippen LogP contribution in [0.15, 0.2) is 36.4 Å². The largest absolute Gasteiger partial charge is 0.488 e. The van der Waals surface area contributed by atoms with Crippen LogP contribution in [0.2, 0.25) is 0 Å². The summed E-state index contributed by atoms with van der Waals surface area (Å²) < 4.78 is 6.74. The third-order valence-corrected chi connectivity index (χ3v) is 12.5. The number of carbonyl (C=O) groups is 2. The number of Topliss-reactive ketones (excluding diaryl/α,β-unsaturated/α-hetero) is 1. The van der Waals surface area contributed by atoms with Crippen molar-refractivity contribution in [3.05, 3.63) is 64.2 Å². The number of aromatic carboxylic acids is 1. The Labute approximate surface area is 262 Å². The molecule has 0 aromatic heterocycles. The summed E-state index contributed by atoms with van der Waals surface area (Å²) in [6.45, 7) is 8.72. The molecule has 2 aromatic rings. The van der Waals surface area contributed by atoms with E-state index in [4.69, 9.17) is 4.74 Å². The fourth-order valence-corrected chi connectivity index (χ4v) is 10.9. The van der Waals surface area contributed by atoms with Crippen molar-refractivity contribution in [2.75, 3.05) is 0 Å². The Hall–Kier alpha value is -2.88. The predicted octanol–water partition coefficient (Wildman–Crippen LogP) is 9.67. The molecule has 0 saturated heterocycles. The van der Waals surface area contributed by atoms with Crippen molar-refractivity contribution in [3.8, 4) is 5.75 Å². The normalized spacial score (nSPS) is 34.0. The Balaban J connectivity index is 1.34. The van der Waals surface area contributed by atoms with Gasteiger partial charge in [-0.1, -0.05) is 44.4 Å². The highest BCUT2D eigenvalue weighted by Gasteiger charge is 2.67. The van der Waals surface area contributed by atoms with Crippen LogP contribution in [0.1, 0.15) is 143 Å². The van der Waals surface area contributed by atoms with Crippen LogP contribution in [-0.4, -0.2) is 22.5 Å². The minimum Gasteiger partial charge on any atom is -0.488 e. The van der Waals surface area contributed by atoms with Crippen molar-refractivity contribution < 1.29 is 19.4 Å². The van der Waals surface area contributed by atoms with E-state index < -0.39 is 11.4 Å². The molecule has 6 aliphatic rings. The average Bonchev–Trinajstić information content (AvgIpc) is 3.55. The van der Waals surface area contributed by atoms with Gasteiger partial charge >= 0.3 is 5.97 Å². The minimum atomic E-state index is -0.877. The monoisotopic (exact) mass is 592 g/mol. The lowest BCUT2D eigenvalue weighted by Crippen LogP contribution is -2.37. The van der Waals surface area contributed by atoms with Crippen LogP contribution in [-0.2, 0) is 4.79 Å². The van der Waals surface area contributed by atoms with E-state index >= 15 is 4.79 Å². The highest BCUT2D eigenvalue weighted by Crippen LogP contribution is 2.74. The van der Waals surface area contributed by atoms with Crippen molar-refractivity contribution in [2.45, 2.75) is 116 Å². The maximum Gasteiger partial charge on any atom is 0.335 e. The number of ketones is 1. The summed E-state index contributed by atoms with van der Waals surface area (Å²) in [6, 6.07) is 12.4. The van der Waals surface area contributed by atoms with Crippen LogP contribution in [0.25, 0.3) is 11.1 Å². The zero-order valence-corrected chi connectivity index (χ0v) is 27.0. The molecule has 4 heteroatoms. The average molecular weight is 593 g/mol. The molecule has 0 aliphatic heterocycles. The molecule has 4 fully saturated rings. The molecule has 1 N–H and O–H groups in total. The number of carbonyl (C=O) groups excluding carboxylic acids is 1. The summed E-state index contributed by atoms with van der Waals surface area (Å²) in [5.74, 6) is 3.22. The van der Waals surface area contributed by atoms with E-state index in [-0.39, 0.29) is 23.4 Å². The summed E-state index contributed by atoms with van der Waals surface area (Å²) in [7, 11) is 0. The number of hydrogen-bond acceptors (Lipinski definition) is 3. The number of benzene rings is 2. The smallest absolute Gasteiger partial charge is 0.335 e. The molecule has 0 radical (unpaired) electrons. The molecular weight excluding hydrogens is 544 g/mol. The molecule has 0 heterocycles. The zero-order valence-electron chi connectivity index (χ0n) is 27.0. The van der Waals surface area contributed by atoms with E-state index in [2.05, 4.69) is 52.0 Å². The molecule has 4 nitrogen and oxygen atoms in total. The molecule has 8 rings (SSSR count). The van der Waals surface area contributed by atoms with Gasteiger partial charge in [0.1, 0.15) is 17.1 Å². The Bertz CT molecular complexity index is 1550. The molecule has 0 spiro atoms. The number of carboxylic acid groups (broad SMARTS) is 1. The van der Waals surface area contributed by atoms with E-state index in [0.717, 1.165) is 30.1 Å². The Morgan fingerprint density at radius 2 is 1.61 bits per heavy atom. The second-order valence-electron chi connectivity index (χ2n) is 16.4. The van der Waals surface area contributed by atoms with Gasteiger partial charge in [-0.05, 0) is 142 Å². The number of ether oxygens (including phenoxy) is 1. The highest BCUT2D eigenvalue weighted by atomic mass is 16.5. The molecule has 2 aromatic carbocycles. The predicted molar refractivity (Wildman–Crippen MR) is 174 cm³/mol. The first kappa shape index (κ1) is 28.6. The summed E-state index contributed by atoms with van der Waals surface area (Å²) in [4.78, 5) is 27.4. The number of fused-ring (bicyclic) bond motifs is 9. The summed E-state index contributed by atoms with van der Waals surface area (Å²) in [5.41, 5.74) is 7.33. The zero-order chi connectivity index (χ0) is 30.5. The van der Waals surface area contributed by atoms with Gasteiger partial charge < -0.3 is 9.84 Å². The topological polar surface area (TPSA) is 63.6 Å². The summed E-state index contributed by atoms with van der Waals surface area (Å²) in [6.07, 6.45) is 12.6. The van der Waals surface area contributed by atoms with Crippen LogP contribution < -0.4 is 4.74 Å². The SMILES string of the molecule is CC1CC2CCC(C1)C2C(=O)C12CC3C(=C(C4CCCCC4)c4ccc(C(=O)O)cc43)c3cccc(OC(C)(C)C)c3C1C2. The van der Waals surface area contributed by atoms with E-state index in [1.54, 1.807) is 6.07 Å². The van der Waals surface area contributed by atoms with Gasteiger partial charge in [-0.2, -0.15) is 0 Å². The standard InChI is InChI=1S/C40H48O4/c1-22-17-24-13-14-25(18-22)33(24)37(41)40-20-30-29-19-26(38(42)43)15-16-27(29)34(23-9-6-5-7-10-23)35(30)28-11-8-12-32(44-39(2,3)4)36(28)31(40)21-40/h8,11-12,15-16,19,22-25,30-31,33H,5-7,9-10,13-14,17-18,20-21H2,1-4H3,(H,42,43). The van der Waals surface area contributed by atoms with E-state index in [9.17, 15) is 9.90 Å². The van der Waals surface area contributed by atoms with Crippen molar-refractivity contribution in [3.63, 3.8) is 0 Å². The molecule has 232 valence electrons. The lowest BCUT2D eigenvalue weighted by molar-refractivity contribution is -0.132. The Morgan fingerprint density at radius 3 is 2.30 bits per heavy atom. The van der Waals surface area contributed by atoms with E-state index in [0.29, 0.717) is 29.1 Å². The van der Waals surface area contributed by atoms with Crippen LogP contribution in [0, 0.1) is 35.0 Å². The van der Waals surface area contributed by atoms with Crippen LogP contribution >= 0.6 is 0 Å². The third-order valence-electron chi connectivity index (χ3n) is 12.5. The first-order valence-electron chi connectivity index (χ1n) is 17.5. The second kappa shape index (κ2) is 10.1. The molecule has 4 saturated carbocycles. The van der Waals surface area contributed by atoms with Gasteiger partial charge in [-0.25, -0.2) is 4.79 Å². The van der Waals surface area contributed by atoms with Crippen LogP contribution in [0.4, 0.5) is 0 Å². The summed E-state index contributed by atoms with van der Waals surface area (Å²) in [5, 5.41) is 10.1. The molecule has 0 amide bonds. The first-order chi connectivity index (χ1) is 21.1. The first-order valence-corrected chi connectivity index (χ1v) is 17.5. The maximum absolute atomic E-state index is 15.2. The number of carboxylic acids is 1. The lowest BCUT2D eigenvalue weighted by Gasteiger charge is -2.36. The fourth-order valence-electron chi connectivity index (χ4n) is 10.9. The number of rotatable bonds is 5. The molecule has 6 aliphatic carbocycles. The fraction of sp³-hybridized carbons (Fsp3) is 0.600. The summed E-state index contributed by atoms with van der Waals surface area (Å²) >= 11 is 0. The van der Waals surface area contributed by atoms with Gasteiger partial charge in [0.05, 0.1) is 5.56 Å². The van der Waals surface area contributed by atoms with Crippen LogP contribution in [0.3, 0.4) is 0 Å². The van der Waals surface area contributed by atoms with Gasteiger partial charge in [-0.15, -0.1) is 0 Å². The molecule has 5 unspecified atom stereocenters. The van der Waals surface area contributed by atoms with Gasteiger partial charge in [0.15, 0.2) is 0 Å². The van der Waals surface area contributed by atoms with Crippen molar-refractivity contribution in [1.29, 1.82) is 0 Å². The Kier molecular flexibility index (Phi) is 6.54. The molecule has 44 heavy (non-hydrogen) atoms.